The first-order chi connectivity index (χ1) is 13.4. The average Bonchev–Trinajstić information content (AvgIpc) is 2.66. The molecule has 1 amide bonds. The Morgan fingerprint density at radius 1 is 1.04 bits per heavy atom. The number of nitro benzene ring substituents is 1. The molecule has 4 saturated carbocycles. The number of anilines is 1. The lowest BCUT2D eigenvalue weighted by Crippen LogP contribution is -2.58. The number of benzene rings is 1. The molecule has 1 aromatic carbocycles. The van der Waals surface area contributed by atoms with Crippen molar-refractivity contribution in [3.05, 3.63) is 34.1 Å². The number of carbonyl (C=O) groups is 1. The number of rotatable bonds is 3. The summed E-state index contributed by atoms with van der Waals surface area (Å²) in [5.41, 5.74) is 0.0135. The van der Waals surface area contributed by atoms with Gasteiger partial charge in [-0.2, -0.15) is 0 Å². The normalized spacial score (nSPS) is 34.0. The fraction of sp³-hybridized carbons (Fsp3) is 0.667. The molecule has 1 aliphatic heterocycles. The Morgan fingerprint density at radius 2 is 1.61 bits per heavy atom. The monoisotopic (exact) mass is 387 g/mol. The van der Waals surface area contributed by atoms with Crippen molar-refractivity contribution in [1.29, 1.82) is 0 Å². The Balaban J connectivity index is 1.26. The van der Waals surface area contributed by atoms with Crippen LogP contribution in [0.5, 0.6) is 0 Å². The minimum absolute atomic E-state index is 0.129. The molecular weight excluding hydrogens is 361 g/mol. The van der Waals surface area contributed by atoms with E-state index in [1.807, 2.05) is 9.80 Å². The second-order valence-electron chi connectivity index (χ2n) is 9.37. The van der Waals surface area contributed by atoms with E-state index in [0.717, 1.165) is 43.1 Å². The van der Waals surface area contributed by atoms with E-state index in [4.69, 9.17) is 0 Å². The minimum Gasteiger partial charge on any atom is -0.366 e. The first kappa shape index (κ1) is 17.9. The molecule has 0 aromatic heterocycles. The largest absolute Gasteiger partial charge is 0.366 e. The van der Waals surface area contributed by atoms with Gasteiger partial charge in [0.25, 0.3) is 5.69 Å². The Bertz CT molecular complexity index is 784. The van der Waals surface area contributed by atoms with Crippen LogP contribution in [0.4, 0.5) is 15.8 Å². The van der Waals surface area contributed by atoms with Crippen molar-refractivity contribution in [2.75, 3.05) is 31.1 Å². The summed E-state index contributed by atoms with van der Waals surface area (Å²) in [7, 11) is 0. The maximum absolute atomic E-state index is 14.3. The number of amides is 1. The lowest BCUT2D eigenvalue weighted by molar-refractivity contribution is -0.385. The average molecular weight is 387 g/mol. The summed E-state index contributed by atoms with van der Waals surface area (Å²) in [6.07, 6.45) is 7.15. The highest BCUT2D eigenvalue weighted by atomic mass is 19.1. The second kappa shape index (κ2) is 6.42. The highest BCUT2D eigenvalue weighted by molar-refractivity contribution is 5.83. The van der Waals surface area contributed by atoms with Crippen molar-refractivity contribution in [2.24, 2.45) is 23.2 Å². The van der Waals surface area contributed by atoms with Crippen LogP contribution in [0.15, 0.2) is 18.2 Å². The molecule has 1 heterocycles. The van der Waals surface area contributed by atoms with Gasteiger partial charge in [-0.3, -0.25) is 14.9 Å². The number of piperazine rings is 1. The van der Waals surface area contributed by atoms with Crippen molar-refractivity contribution in [3.8, 4) is 0 Å². The molecule has 5 fully saturated rings. The van der Waals surface area contributed by atoms with E-state index in [2.05, 4.69) is 0 Å². The van der Waals surface area contributed by atoms with E-state index in [-0.39, 0.29) is 11.1 Å². The van der Waals surface area contributed by atoms with Gasteiger partial charge in [-0.1, -0.05) is 0 Å². The van der Waals surface area contributed by atoms with Gasteiger partial charge in [0.2, 0.25) is 5.91 Å². The van der Waals surface area contributed by atoms with Gasteiger partial charge in [0, 0.05) is 32.2 Å². The van der Waals surface area contributed by atoms with Gasteiger partial charge in [-0.15, -0.1) is 0 Å². The molecular formula is C21H26FN3O3. The predicted molar refractivity (Wildman–Crippen MR) is 102 cm³/mol. The molecule has 4 aliphatic carbocycles. The first-order valence-electron chi connectivity index (χ1n) is 10.4. The summed E-state index contributed by atoms with van der Waals surface area (Å²) in [4.78, 5) is 27.5. The Labute approximate surface area is 163 Å². The zero-order chi connectivity index (χ0) is 19.5. The minimum atomic E-state index is -0.588. The van der Waals surface area contributed by atoms with Crippen molar-refractivity contribution in [1.82, 2.24) is 4.90 Å². The van der Waals surface area contributed by atoms with Crippen molar-refractivity contribution < 1.29 is 14.1 Å². The van der Waals surface area contributed by atoms with Crippen LogP contribution in [0.2, 0.25) is 0 Å². The summed E-state index contributed by atoms with van der Waals surface area (Å²) in [5.74, 6) is 1.98. The van der Waals surface area contributed by atoms with Crippen LogP contribution >= 0.6 is 0 Å². The molecule has 0 spiro atoms. The second-order valence-corrected chi connectivity index (χ2v) is 9.37. The summed E-state index contributed by atoms with van der Waals surface area (Å²) in [6, 6.07) is 3.79. The van der Waals surface area contributed by atoms with Gasteiger partial charge in [0.1, 0.15) is 0 Å². The zero-order valence-electron chi connectivity index (χ0n) is 16.0. The van der Waals surface area contributed by atoms with Crippen LogP contribution in [0.25, 0.3) is 0 Å². The third-order valence-electron chi connectivity index (χ3n) is 7.54. The number of carbonyl (C=O) groups excluding carboxylic acids is 1. The van der Waals surface area contributed by atoms with Gasteiger partial charge >= 0.3 is 0 Å². The fourth-order valence-electron chi connectivity index (χ4n) is 6.72. The molecule has 5 aliphatic rings. The lowest BCUT2D eigenvalue weighted by atomic mass is 9.49. The van der Waals surface area contributed by atoms with Crippen LogP contribution in [0.3, 0.4) is 0 Å². The fourth-order valence-corrected chi connectivity index (χ4v) is 6.72. The van der Waals surface area contributed by atoms with Crippen molar-refractivity contribution >= 4 is 17.3 Å². The number of nitro groups is 1. The van der Waals surface area contributed by atoms with E-state index < -0.39 is 10.7 Å². The molecule has 0 radical (unpaired) electrons. The molecule has 150 valence electrons. The van der Waals surface area contributed by atoms with Crippen molar-refractivity contribution in [3.63, 3.8) is 0 Å². The molecule has 28 heavy (non-hydrogen) atoms. The van der Waals surface area contributed by atoms with Crippen LogP contribution in [-0.4, -0.2) is 41.9 Å². The molecule has 1 aromatic rings. The molecule has 0 atom stereocenters. The Kier molecular flexibility index (Phi) is 4.10. The van der Waals surface area contributed by atoms with Gasteiger partial charge in [0.05, 0.1) is 22.1 Å². The van der Waals surface area contributed by atoms with E-state index in [9.17, 15) is 19.3 Å². The third kappa shape index (κ3) is 2.86. The molecule has 7 heteroatoms. The predicted octanol–water partition coefficient (Wildman–Crippen LogP) is 3.60. The molecule has 0 N–H and O–H groups in total. The van der Waals surface area contributed by atoms with E-state index in [1.54, 1.807) is 0 Å². The summed E-state index contributed by atoms with van der Waals surface area (Å²) >= 11 is 0. The molecule has 6 rings (SSSR count). The Hall–Kier alpha value is -2.18. The SMILES string of the molecule is O=C(N1CCN(c2ccc([N+](=O)[O-])cc2F)CC1)C12CC3CC(CC(C3)C1)C2. The molecule has 0 unspecified atom stereocenters. The van der Waals surface area contributed by atoms with Crippen LogP contribution in [0, 0.1) is 39.1 Å². The highest BCUT2D eigenvalue weighted by Crippen LogP contribution is 2.60. The molecule has 1 saturated heterocycles. The standard InChI is InChI=1S/C21H26FN3O3/c22-18-10-17(25(27)28)1-2-19(18)23-3-5-24(6-4-23)20(26)21-11-14-7-15(12-21)9-16(8-14)13-21/h1-2,10,14-16H,3-9,11-13H2. The lowest BCUT2D eigenvalue weighted by Gasteiger charge is -2.57. The quantitative estimate of drug-likeness (QED) is 0.587. The van der Waals surface area contributed by atoms with E-state index >= 15 is 0 Å². The van der Waals surface area contributed by atoms with Crippen LogP contribution in [-0.2, 0) is 4.79 Å². The number of halogens is 1. The highest BCUT2D eigenvalue weighted by Gasteiger charge is 2.55. The summed E-state index contributed by atoms with van der Waals surface area (Å²) < 4.78 is 14.3. The maximum atomic E-state index is 14.3. The van der Waals surface area contributed by atoms with Gasteiger partial charge in [-0.05, 0) is 62.3 Å². The molecule has 4 bridgehead atoms. The van der Waals surface area contributed by atoms with E-state index in [0.29, 0.717) is 37.8 Å². The molecule has 6 nitrogen and oxygen atoms in total. The summed E-state index contributed by atoms with van der Waals surface area (Å²) in [5, 5.41) is 10.8. The topological polar surface area (TPSA) is 66.7 Å². The van der Waals surface area contributed by atoms with Crippen LogP contribution < -0.4 is 4.90 Å². The summed E-state index contributed by atoms with van der Waals surface area (Å²) in [6.45, 7) is 2.31. The zero-order valence-corrected chi connectivity index (χ0v) is 16.0. The smallest absolute Gasteiger partial charge is 0.272 e. The maximum Gasteiger partial charge on any atom is 0.272 e. The first-order valence-corrected chi connectivity index (χ1v) is 10.4. The van der Waals surface area contributed by atoms with Gasteiger partial charge in [0.15, 0.2) is 5.82 Å². The van der Waals surface area contributed by atoms with Gasteiger partial charge in [-0.25, -0.2) is 4.39 Å². The van der Waals surface area contributed by atoms with Crippen molar-refractivity contribution in [2.45, 2.75) is 38.5 Å². The van der Waals surface area contributed by atoms with E-state index in [1.165, 1.54) is 31.4 Å². The number of non-ortho nitro benzene ring substituents is 1. The van der Waals surface area contributed by atoms with Crippen LogP contribution in [0.1, 0.15) is 38.5 Å². The third-order valence-corrected chi connectivity index (χ3v) is 7.54. The Morgan fingerprint density at radius 3 is 2.11 bits per heavy atom. The van der Waals surface area contributed by atoms with Gasteiger partial charge < -0.3 is 9.80 Å². The number of nitrogens with zero attached hydrogens (tertiary/aromatic N) is 3. The number of hydrogen-bond acceptors (Lipinski definition) is 4. The number of hydrogen-bond donors (Lipinski definition) is 0.